The Morgan fingerprint density at radius 3 is 2.22 bits per heavy atom. The van der Waals surface area contributed by atoms with Gasteiger partial charge in [-0.25, -0.2) is 0 Å². The van der Waals surface area contributed by atoms with Crippen LogP contribution < -0.4 is 10.2 Å². The topological polar surface area (TPSA) is 49.8 Å². The molecule has 23 heavy (non-hydrogen) atoms. The third-order valence-corrected chi connectivity index (χ3v) is 6.16. The molecular formula is C18H24NO3P. The highest BCUT2D eigenvalue weighted by Crippen LogP contribution is 2.57. The summed E-state index contributed by atoms with van der Waals surface area (Å²) < 4.78 is 19.1. The summed E-state index contributed by atoms with van der Waals surface area (Å²) in [4.78, 5) is 1.97. The summed E-state index contributed by atoms with van der Waals surface area (Å²) in [6.45, 7) is 2.30. The van der Waals surface area contributed by atoms with Gasteiger partial charge in [0.05, 0.1) is 6.61 Å². The van der Waals surface area contributed by atoms with E-state index in [0.29, 0.717) is 17.5 Å². The van der Waals surface area contributed by atoms with E-state index in [2.05, 4.69) is 0 Å². The molecule has 2 rings (SSSR count). The maximum atomic E-state index is 13.5. The molecule has 0 saturated carbocycles. The van der Waals surface area contributed by atoms with Crippen LogP contribution in [0.3, 0.4) is 0 Å². The summed E-state index contributed by atoms with van der Waals surface area (Å²) in [5, 5.41) is 11.2. The van der Waals surface area contributed by atoms with Crippen molar-refractivity contribution in [1.29, 1.82) is 0 Å². The average molecular weight is 333 g/mol. The van der Waals surface area contributed by atoms with Crippen molar-refractivity contribution in [2.24, 2.45) is 0 Å². The lowest BCUT2D eigenvalue weighted by atomic mass is 10.2. The number of nitrogens with zero attached hydrogens (tertiary/aromatic N) is 1. The van der Waals surface area contributed by atoms with Crippen LogP contribution in [0.25, 0.3) is 0 Å². The van der Waals surface area contributed by atoms with Gasteiger partial charge in [0.1, 0.15) is 0 Å². The zero-order valence-electron chi connectivity index (χ0n) is 13.8. The molecule has 1 N–H and O–H groups in total. The van der Waals surface area contributed by atoms with Crippen molar-refractivity contribution in [3.63, 3.8) is 0 Å². The highest BCUT2D eigenvalue weighted by molar-refractivity contribution is 7.67. The quantitative estimate of drug-likeness (QED) is 0.784. The molecule has 0 amide bonds. The lowest BCUT2D eigenvalue weighted by molar-refractivity contribution is 0.214. The second kappa shape index (κ2) is 7.78. The van der Waals surface area contributed by atoms with Gasteiger partial charge in [0.25, 0.3) is 7.37 Å². The maximum absolute atomic E-state index is 13.5. The number of aliphatic hydroxyl groups excluding tert-OH is 1. The van der Waals surface area contributed by atoms with E-state index in [1.807, 2.05) is 56.3 Å². The Morgan fingerprint density at radius 1 is 1.09 bits per heavy atom. The van der Waals surface area contributed by atoms with E-state index >= 15 is 0 Å². The molecule has 124 valence electrons. The van der Waals surface area contributed by atoms with Crippen molar-refractivity contribution in [2.75, 3.05) is 25.6 Å². The first-order chi connectivity index (χ1) is 11.0. The van der Waals surface area contributed by atoms with Crippen molar-refractivity contribution in [3.8, 4) is 0 Å². The summed E-state index contributed by atoms with van der Waals surface area (Å²) in [6.07, 6.45) is 0.737. The molecule has 0 fully saturated rings. The van der Waals surface area contributed by atoms with Crippen LogP contribution in [0.2, 0.25) is 0 Å². The minimum Gasteiger partial charge on any atom is -0.378 e. The number of aliphatic hydroxyl groups is 1. The third kappa shape index (κ3) is 4.03. The van der Waals surface area contributed by atoms with Gasteiger partial charge in [-0.05, 0) is 36.2 Å². The monoisotopic (exact) mass is 333 g/mol. The smallest absolute Gasteiger partial charge is 0.264 e. The number of rotatable bonds is 7. The number of anilines is 1. The predicted molar refractivity (Wildman–Crippen MR) is 95.7 cm³/mol. The fraction of sp³-hybridized carbons (Fsp3) is 0.333. The highest BCUT2D eigenvalue weighted by atomic mass is 31.2. The van der Waals surface area contributed by atoms with Crippen LogP contribution in [-0.4, -0.2) is 25.8 Å². The molecule has 0 spiro atoms. The number of hydrogen-bond donors (Lipinski definition) is 1. The Morgan fingerprint density at radius 2 is 1.70 bits per heavy atom. The molecule has 0 aliphatic heterocycles. The fourth-order valence-electron chi connectivity index (χ4n) is 2.29. The Balaban J connectivity index is 2.40. The van der Waals surface area contributed by atoms with E-state index in [1.165, 1.54) is 0 Å². The Labute approximate surface area is 138 Å². The molecule has 0 aliphatic rings. The van der Waals surface area contributed by atoms with Gasteiger partial charge in [0.2, 0.25) is 0 Å². The van der Waals surface area contributed by atoms with Gasteiger partial charge in [-0.2, -0.15) is 0 Å². The molecule has 2 atom stereocenters. The summed E-state index contributed by atoms with van der Waals surface area (Å²) in [5.74, 6) is -1.17. The van der Waals surface area contributed by atoms with Crippen molar-refractivity contribution >= 4 is 18.4 Å². The normalized spacial score (nSPS) is 15.0. The van der Waals surface area contributed by atoms with Gasteiger partial charge in [-0.1, -0.05) is 37.3 Å². The van der Waals surface area contributed by atoms with Gasteiger partial charge >= 0.3 is 0 Å². The molecule has 0 saturated heterocycles. The van der Waals surface area contributed by atoms with Gasteiger partial charge in [0.15, 0.2) is 5.85 Å². The van der Waals surface area contributed by atoms with E-state index in [9.17, 15) is 9.67 Å². The van der Waals surface area contributed by atoms with E-state index in [-0.39, 0.29) is 0 Å². The molecule has 5 heteroatoms. The van der Waals surface area contributed by atoms with Crippen LogP contribution in [0, 0.1) is 0 Å². The van der Waals surface area contributed by atoms with E-state index < -0.39 is 13.2 Å². The summed E-state index contributed by atoms with van der Waals surface area (Å²) in [7, 11) is 0.477. The number of benzene rings is 2. The maximum Gasteiger partial charge on any atom is 0.264 e. The van der Waals surface area contributed by atoms with Crippen molar-refractivity contribution < 1.29 is 14.2 Å². The summed E-state index contributed by atoms with van der Waals surface area (Å²) >= 11 is 0. The molecule has 4 nitrogen and oxygen atoms in total. The van der Waals surface area contributed by atoms with Gasteiger partial charge < -0.3 is 14.5 Å². The zero-order valence-corrected chi connectivity index (χ0v) is 14.7. The van der Waals surface area contributed by atoms with Crippen LogP contribution in [-0.2, 0) is 9.09 Å². The van der Waals surface area contributed by atoms with Crippen LogP contribution in [0.15, 0.2) is 54.6 Å². The lowest BCUT2D eigenvalue weighted by Gasteiger charge is -2.25. The van der Waals surface area contributed by atoms with Crippen molar-refractivity contribution in [3.05, 3.63) is 60.2 Å². The minimum atomic E-state index is -3.41. The van der Waals surface area contributed by atoms with Crippen LogP contribution >= 0.6 is 7.37 Å². The molecular weight excluding hydrogens is 309 g/mol. The van der Waals surface area contributed by atoms with Crippen LogP contribution in [0.1, 0.15) is 24.8 Å². The standard InChI is InChI=1S/C18H24NO3P/c1-4-14-22-23(21,18(20)15-8-6-5-7-9-15)17-12-10-16(11-13-17)19(2)3/h5-13,18,20H,4,14H2,1-3H3/t18-,23-/m1/s1. The number of hydrogen-bond acceptors (Lipinski definition) is 4. The molecule has 0 heterocycles. The first kappa shape index (κ1) is 17.7. The highest BCUT2D eigenvalue weighted by Gasteiger charge is 2.36. The second-order valence-corrected chi connectivity index (χ2v) is 8.08. The zero-order chi connectivity index (χ0) is 16.9. The minimum absolute atomic E-state index is 0.344. The lowest BCUT2D eigenvalue weighted by Crippen LogP contribution is -2.16. The molecule has 0 radical (unpaired) electrons. The average Bonchev–Trinajstić information content (AvgIpc) is 2.59. The Kier molecular flexibility index (Phi) is 6.00. The van der Waals surface area contributed by atoms with Crippen molar-refractivity contribution in [2.45, 2.75) is 19.2 Å². The molecule has 2 aromatic rings. The first-order valence-corrected chi connectivity index (χ1v) is 9.43. The molecule has 0 unspecified atom stereocenters. The van der Waals surface area contributed by atoms with Crippen LogP contribution in [0.4, 0.5) is 5.69 Å². The Bertz CT molecular complexity index is 656. The second-order valence-electron chi connectivity index (χ2n) is 5.63. The molecule has 0 aromatic heterocycles. The van der Waals surface area contributed by atoms with Gasteiger partial charge in [-0.15, -0.1) is 0 Å². The molecule has 0 aliphatic carbocycles. The first-order valence-electron chi connectivity index (χ1n) is 7.74. The van der Waals surface area contributed by atoms with E-state index in [0.717, 1.165) is 12.1 Å². The third-order valence-electron chi connectivity index (χ3n) is 3.63. The van der Waals surface area contributed by atoms with Crippen molar-refractivity contribution in [1.82, 2.24) is 0 Å². The van der Waals surface area contributed by atoms with E-state index in [4.69, 9.17) is 4.52 Å². The summed E-state index contributed by atoms with van der Waals surface area (Å²) in [6, 6.07) is 16.3. The van der Waals surface area contributed by atoms with Gasteiger partial charge in [0, 0.05) is 25.1 Å². The van der Waals surface area contributed by atoms with Gasteiger partial charge in [-0.3, -0.25) is 4.57 Å². The fourth-order valence-corrected chi connectivity index (χ4v) is 4.45. The predicted octanol–water partition coefficient (Wildman–Crippen LogP) is 3.77. The van der Waals surface area contributed by atoms with E-state index in [1.54, 1.807) is 24.3 Å². The SMILES string of the molecule is CCCO[P@](=O)(c1ccc(N(C)C)cc1)[C@@H](O)c1ccccc1. The Hall–Kier alpha value is -1.61. The summed E-state index contributed by atoms with van der Waals surface area (Å²) in [5.41, 5.74) is 1.61. The molecule has 0 bridgehead atoms. The van der Waals surface area contributed by atoms with Crippen LogP contribution in [0.5, 0.6) is 0 Å². The largest absolute Gasteiger partial charge is 0.378 e. The molecule has 2 aromatic carbocycles.